The number of H-pyrrole nitrogens is 1. The number of rotatable bonds is 4. The average Bonchev–Trinajstić information content (AvgIpc) is 2.96. The van der Waals surface area contributed by atoms with Gasteiger partial charge >= 0.3 is 0 Å². The van der Waals surface area contributed by atoms with Gasteiger partial charge in [-0.05, 0) is 5.56 Å². The Kier molecular flexibility index (Phi) is 3.87. The van der Waals surface area contributed by atoms with Crippen LogP contribution in [-0.4, -0.2) is 15.9 Å². The zero-order chi connectivity index (χ0) is 15.4. The zero-order valence-electron chi connectivity index (χ0n) is 11.9. The van der Waals surface area contributed by atoms with E-state index in [-0.39, 0.29) is 11.9 Å². The summed E-state index contributed by atoms with van der Waals surface area (Å²) >= 11 is 0. The second-order valence-electron chi connectivity index (χ2n) is 4.88. The van der Waals surface area contributed by atoms with Crippen molar-refractivity contribution in [1.29, 1.82) is 0 Å². The first-order valence-corrected chi connectivity index (χ1v) is 6.97. The van der Waals surface area contributed by atoms with Crippen LogP contribution in [0, 0.1) is 0 Å². The molecule has 1 aromatic heterocycles. The van der Waals surface area contributed by atoms with Gasteiger partial charge in [-0.15, -0.1) is 0 Å². The third-order valence-corrected chi connectivity index (χ3v) is 3.29. The van der Waals surface area contributed by atoms with Crippen LogP contribution >= 0.6 is 0 Å². The van der Waals surface area contributed by atoms with Gasteiger partial charge in [0.05, 0.1) is 0 Å². The molecule has 0 bridgehead atoms. The molecule has 1 heterocycles. The second kappa shape index (κ2) is 6.13. The van der Waals surface area contributed by atoms with E-state index in [1.807, 2.05) is 60.7 Å². The van der Waals surface area contributed by atoms with Gasteiger partial charge in [-0.25, -0.2) is 4.98 Å². The molecule has 110 valence electrons. The summed E-state index contributed by atoms with van der Waals surface area (Å²) < 4.78 is 0. The Morgan fingerprint density at radius 2 is 1.68 bits per heavy atom. The maximum Gasteiger partial charge on any atom is 0.270 e. The van der Waals surface area contributed by atoms with E-state index in [0.29, 0.717) is 17.9 Å². The van der Waals surface area contributed by atoms with E-state index < -0.39 is 0 Å². The summed E-state index contributed by atoms with van der Waals surface area (Å²) in [6.07, 6.45) is 0. The number of nitrogens with zero attached hydrogens (tertiary/aromatic N) is 1. The fraction of sp³-hybridized carbons (Fsp3) is 0.0588. The molecule has 2 aromatic carbocycles. The first kappa shape index (κ1) is 13.9. The molecule has 5 heteroatoms. The highest BCUT2D eigenvalue weighted by molar-refractivity contribution is 5.98. The van der Waals surface area contributed by atoms with Crippen molar-refractivity contribution in [2.24, 2.45) is 0 Å². The first-order valence-electron chi connectivity index (χ1n) is 6.97. The average molecular weight is 292 g/mol. The molecule has 0 fully saturated rings. The quantitative estimate of drug-likeness (QED) is 0.691. The number of carbonyl (C=O) groups excluding carboxylic acids is 1. The molecular weight excluding hydrogens is 276 g/mol. The normalized spacial score (nSPS) is 10.4. The van der Waals surface area contributed by atoms with Crippen LogP contribution in [0.4, 0.5) is 5.95 Å². The van der Waals surface area contributed by atoms with Crippen LogP contribution in [0.2, 0.25) is 0 Å². The molecule has 0 saturated carbocycles. The first-order chi connectivity index (χ1) is 10.7. The second-order valence-corrected chi connectivity index (χ2v) is 4.88. The molecule has 0 unspecified atom stereocenters. The van der Waals surface area contributed by atoms with Gasteiger partial charge in [0.1, 0.15) is 11.4 Å². The highest BCUT2D eigenvalue weighted by Crippen LogP contribution is 2.22. The number of nitrogen functional groups attached to an aromatic ring is 1. The van der Waals surface area contributed by atoms with Crippen molar-refractivity contribution < 1.29 is 4.79 Å². The van der Waals surface area contributed by atoms with Crippen LogP contribution < -0.4 is 11.1 Å². The lowest BCUT2D eigenvalue weighted by Crippen LogP contribution is -2.23. The molecule has 0 spiro atoms. The summed E-state index contributed by atoms with van der Waals surface area (Å²) in [4.78, 5) is 19.4. The number of amides is 1. The largest absolute Gasteiger partial charge is 0.369 e. The lowest BCUT2D eigenvalue weighted by molar-refractivity contribution is 0.0947. The summed E-state index contributed by atoms with van der Waals surface area (Å²) in [5.41, 5.74) is 8.53. The Labute approximate surface area is 128 Å². The molecule has 4 N–H and O–H groups in total. The van der Waals surface area contributed by atoms with Gasteiger partial charge in [0.25, 0.3) is 5.91 Å². The van der Waals surface area contributed by atoms with Crippen LogP contribution in [0.5, 0.6) is 0 Å². The van der Waals surface area contributed by atoms with Crippen LogP contribution in [0.3, 0.4) is 0 Å². The number of hydrogen-bond acceptors (Lipinski definition) is 3. The number of benzene rings is 2. The Balaban J connectivity index is 1.81. The van der Waals surface area contributed by atoms with E-state index in [0.717, 1.165) is 11.1 Å². The molecule has 22 heavy (non-hydrogen) atoms. The van der Waals surface area contributed by atoms with Crippen molar-refractivity contribution >= 4 is 11.9 Å². The van der Waals surface area contributed by atoms with Gasteiger partial charge in [0.15, 0.2) is 5.95 Å². The van der Waals surface area contributed by atoms with Crippen molar-refractivity contribution in [3.05, 3.63) is 71.9 Å². The number of nitrogens with two attached hydrogens (primary N) is 1. The molecular formula is C17H16N4O. The van der Waals surface area contributed by atoms with E-state index in [1.165, 1.54) is 0 Å². The lowest BCUT2D eigenvalue weighted by atomic mass is 10.1. The summed E-state index contributed by atoms with van der Waals surface area (Å²) in [6.45, 7) is 0.451. The van der Waals surface area contributed by atoms with Crippen molar-refractivity contribution in [1.82, 2.24) is 15.3 Å². The number of aromatic amines is 1. The van der Waals surface area contributed by atoms with Crippen molar-refractivity contribution in [3.63, 3.8) is 0 Å². The highest BCUT2D eigenvalue weighted by Gasteiger charge is 2.17. The summed E-state index contributed by atoms with van der Waals surface area (Å²) in [6, 6.07) is 19.2. The van der Waals surface area contributed by atoms with E-state index in [2.05, 4.69) is 15.3 Å². The predicted octanol–water partition coefficient (Wildman–Crippen LogP) is 2.59. The molecule has 0 aliphatic carbocycles. The fourth-order valence-electron chi connectivity index (χ4n) is 2.23. The van der Waals surface area contributed by atoms with Gasteiger partial charge in [0.2, 0.25) is 0 Å². The van der Waals surface area contributed by atoms with E-state index in [9.17, 15) is 4.79 Å². The van der Waals surface area contributed by atoms with Gasteiger partial charge in [-0.3, -0.25) is 4.79 Å². The van der Waals surface area contributed by atoms with E-state index in [4.69, 9.17) is 5.73 Å². The maximum atomic E-state index is 12.4. The minimum absolute atomic E-state index is 0.226. The summed E-state index contributed by atoms with van der Waals surface area (Å²) in [5, 5.41) is 2.87. The lowest BCUT2D eigenvalue weighted by Gasteiger charge is -2.05. The van der Waals surface area contributed by atoms with Gasteiger partial charge in [-0.1, -0.05) is 60.7 Å². The van der Waals surface area contributed by atoms with Crippen LogP contribution in [-0.2, 0) is 6.54 Å². The number of anilines is 1. The molecule has 3 rings (SSSR count). The topological polar surface area (TPSA) is 83.8 Å². The molecule has 0 aliphatic rings. The molecule has 5 nitrogen and oxygen atoms in total. The van der Waals surface area contributed by atoms with Crippen LogP contribution in [0.1, 0.15) is 16.1 Å². The third-order valence-electron chi connectivity index (χ3n) is 3.29. The molecule has 0 saturated heterocycles. The summed E-state index contributed by atoms with van der Waals surface area (Å²) in [5.74, 6) is -0.00406. The van der Waals surface area contributed by atoms with Crippen LogP contribution in [0.15, 0.2) is 60.7 Å². The van der Waals surface area contributed by atoms with Crippen molar-refractivity contribution in [2.75, 3.05) is 5.73 Å². The standard InChI is InChI=1S/C17H16N4O/c18-17-20-14(13-9-5-2-6-10-13)15(21-17)16(22)19-11-12-7-3-1-4-8-12/h1-10H,11H2,(H,19,22)(H3,18,20,21). The third kappa shape index (κ3) is 2.98. The predicted molar refractivity (Wildman–Crippen MR) is 86.0 cm³/mol. The van der Waals surface area contributed by atoms with Gasteiger partial charge < -0.3 is 16.0 Å². The Bertz CT molecular complexity index is 766. The number of imidazole rings is 1. The Morgan fingerprint density at radius 1 is 1.05 bits per heavy atom. The van der Waals surface area contributed by atoms with E-state index >= 15 is 0 Å². The minimum Gasteiger partial charge on any atom is -0.369 e. The monoisotopic (exact) mass is 292 g/mol. The maximum absolute atomic E-state index is 12.4. The van der Waals surface area contributed by atoms with Gasteiger partial charge in [0, 0.05) is 12.1 Å². The number of hydrogen-bond donors (Lipinski definition) is 3. The molecule has 1 amide bonds. The highest BCUT2D eigenvalue weighted by atomic mass is 16.1. The van der Waals surface area contributed by atoms with Crippen molar-refractivity contribution in [3.8, 4) is 11.3 Å². The molecule has 0 atom stereocenters. The van der Waals surface area contributed by atoms with Crippen molar-refractivity contribution in [2.45, 2.75) is 6.54 Å². The minimum atomic E-state index is -0.230. The fourth-order valence-corrected chi connectivity index (χ4v) is 2.23. The smallest absolute Gasteiger partial charge is 0.270 e. The zero-order valence-corrected chi connectivity index (χ0v) is 11.9. The number of nitrogens with one attached hydrogen (secondary N) is 2. The molecule has 0 aliphatic heterocycles. The summed E-state index contributed by atoms with van der Waals surface area (Å²) in [7, 11) is 0. The molecule has 0 radical (unpaired) electrons. The molecule has 3 aromatic rings. The number of aromatic nitrogens is 2. The number of carbonyl (C=O) groups is 1. The van der Waals surface area contributed by atoms with Gasteiger partial charge in [-0.2, -0.15) is 0 Å². The van der Waals surface area contributed by atoms with Crippen LogP contribution in [0.25, 0.3) is 11.3 Å². The van der Waals surface area contributed by atoms with E-state index in [1.54, 1.807) is 0 Å². The Hall–Kier alpha value is -3.08. The SMILES string of the molecule is Nc1nc(-c2ccccc2)c(C(=O)NCc2ccccc2)[nH]1. The Morgan fingerprint density at radius 3 is 2.36 bits per heavy atom.